The molecule has 0 saturated heterocycles. The van der Waals surface area contributed by atoms with Crippen LogP contribution in [0.25, 0.3) is 71.6 Å². The normalized spacial score (nSPS) is 11.8. The van der Waals surface area contributed by atoms with Crippen molar-refractivity contribution in [3.05, 3.63) is 54.6 Å². The molecule has 28 radical (unpaired) electrons. The predicted molar refractivity (Wildman–Crippen MR) is 236 cm³/mol. The zero-order valence-corrected chi connectivity index (χ0v) is 27.7. The van der Waals surface area contributed by atoms with E-state index in [1.54, 1.807) is 0 Å². The van der Waals surface area contributed by atoms with Gasteiger partial charge < -0.3 is 9.55 Å². The Bertz CT molecular complexity index is 2880. The Labute approximate surface area is 320 Å². The van der Waals surface area contributed by atoms with Crippen molar-refractivity contribution < 1.29 is 0 Å². The lowest BCUT2D eigenvalue weighted by molar-refractivity contribution is 1.19. The third kappa shape index (κ3) is 4.58. The van der Waals surface area contributed by atoms with Crippen molar-refractivity contribution in [2.24, 2.45) is 0 Å². The molecule has 6 aromatic carbocycles. The zero-order chi connectivity index (χ0) is 37.2. The van der Waals surface area contributed by atoms with Crippen molar-refractivity contribution in [1.29, 1.82) is 0 Å². The van der Waals surface area contributed by atoms with Gasteiger partial charge in [0.05, 0.1) is 0 Å². The molecular weight excluding hydrogens is 612 g/mol. The zero-order valence-electron chi connectivity index (χ0n) is 27.7. The van der Waals surface area contributed by atoms with Crippen LogP contribution in [0, 0.1) is 0 Å². The minimum absolute atomic E-state index is 0.0567. The highest BCUT2D eigenvalue weighted by molar-refractivity contribution is 6.72. The molecule has 2 nitrogen and oxygen atoms in total. The van der Waals surface area contributed by atoms with Gasteiger partial charge in [0.15, 0.2) is 0 Å². The molecule has 0 unspecified atom stereocenters. The fourth-order valence-electron chi connectivity index (χ4n) is 7.46. The van der Waals surface area contributed by atoms with Gasteiger partial charge >= 0.3 is 0 Å². The smallest absolute Gasteiger partial charge is 0.115 e. The van der Waals surface area contributed by atoms with Crippen LogP contribution >= 0.6 is 0 Å². The Morgan fingerprint density at radius 3 is 1.29 bits per heavy atom. The van der Waals surface area contributed by atoms with Gasteiger partial charge in [0.1, 0.15) is 110 Å². The average Bonchev–Trinajstić information content (AvgIpc) is 3.73. The highest BCUT2D eigenvalue weighted by Gasteiger charge is 2.27. The van der Waals surface area contributed by atoms with E-state index >= 15 is 0 Å². The summed E-state index contributed by atoms with van der Waals surface area (Å²) in [6.07, 6.45) is 0. The van der Waals surface area contributed by atoms with E-state index in [4.69, 9.17) is 110 Å². The number of H-pyrrole nitrogens is 1. The predicted octanol–water partition coefficient (Wildman–Crippen LogP) is -7.13. The van der Waals surface area contributed by atoms with Gasteiger partial charge in [0.2, 0.25) is 0 Å². The lowest BCUT2D eigenvalue weighted by Crippen LogP contribution is -2.48. The number of nitrogens with zero attached hydrogens (tertiary/aromatic N) is 1. The quantitative estimate of drug-likeness (QED) is 0.190. The molecule has 2 heterocycles. The number of fused-ring (bicyclic) bond motifs is 6. The van der Waals surface area contributed by atoms with E-state index in [1.165, 1.54) is 0 Å². The maximum atomic E-state index is 7.15. The molecule has 16 heteroatoms. The standard InChI is InChI=1S/C36H10B14N2/c37-19-13(21(39)29(47)33-15(19)16-23(41)25(43)27(45)30(48)34(16)51-33)14-20(38)17-18-24(42)26(44)28(46)32(50)36(18)52(35(17)31(49)22(14)40)12-8-6-11(7-9-12)10-4-2-1-3-5-10/h1-9,51H. The summed E-state index contributed by atoms with van der Waals surface area (Å²) in [6, 6.07) is 17.7. The molecule has 0 aliphatic rings. The van der Waals surface area contributed by atoms with Crippen LogP contribution in [0.3, 0.4) is 0 Å². The third-order valence-corrected chi connectivity index (χ3v) is 10.2. The summed E-state index contributed by atoms with van der Waals surface area (Å²) in [5.74, 6) is 0. The second-order valence-electron chi connectivity index (χ2n) is 12.9. The number of aromatic nitrogens is 2. The second kappa shape index (κ2) is 12.2. The lowest BCUT2D eigenvalue weighted by atomic mass is 9.61. The molecule has 0 aliphatic heterocycles. The minimum atomic E-state index is 0.0567. The van der Waals surface area contributed by atoms with Crippen LogP contribution in [0.4, 0.5) is 0 Å². The minimum Gasteiger partial charge on any atom is -0.356 e. The van der Waals surface area contributed by atoms with Crippen LogP contribution < -0.4 is 76.5 Å². The Morgan fingerprint density at radius 1 is 0.327 bits per heavy atom. The maximum Gasteiger partial charge on any atom is 0.115 e. The lowest BCUT2D eigenvalue weighted by Gasteiger charge is -2.24. The summed E-state index contributed by atoms with van der Waals surface area (Å²) in [5, 5.41) is 1.56. The maximum absolute atomic E-state index is 7.15. The summed E-state index contributed by atoms with van der Waals surface area (Å²) in [7, 11) is 93.0. The van der Waals surface area contributed by atoms with E-state index in [0.29, 0.717) is 49.3 Å². The average molecular weight is 622 g/mol. The van der Waals surface area contributed by atoms with E-state index in [2.05, 4.69) is 4.98 Å². The molecule has 0 atom stereocenters. The van der Waals surface area contributed by atoms with Gasteiger partial charge in [-0.3, -0.25) is 0 Å². The number of rotatable bonds is 3. The van der Waals surface area contributed by atoms with Gasteiger partial charge in [-0.2, -0.15) is 0 Å². The summed E-state index contributed by atoms with van der Waals surface area (Å²) < 4.78 is 1.81. The molecule has 8 aromatic rings. The molecule has 2 aromatic heterocycles. The molecule has 0 fully saturated rings. The second-order valence-corrected chi connectivity index (χ2v) is 12.9. The van der Waals surface area contributed by atoms with Crippen molar-refractivity contribution in [3.63, 3.8) is 0 Å². The highest BCUT2D eigenvalue weighted by atomic mass is 15.0. The molecular formula is C36H10B14N2. The van der Waals surface area contributed by atoms with Gasteiger partial charge in [-0.25, -0.2) is 0 Å². The molecule has 0 saturated carbocycles. The Morgan fingerprint density at radius 2 is 0.712 bits per heavy atom. The first kappa shape index (κ1) is 34.9. The fraction of sp³-hybridized carbons (Fsp3) is 0. The molecule has 1 N–H and O–H groups in total. The summed E-state index contributed by atoms with van der Waals surface area (Å²) in [5.41, 5.74) is 6.22. The van der Waals surface area contributed by atoms with Crippen LogP contribution in [0.1, 0.15) is 0 Å². The Hall–Kier alpha value is -4.17. The van der Waals surface area contributed by atoms with E-state index in [9.17, 15) is 0 Å². The topological polar surface area (TPSA) is 20.7 Å². The van der Waals surface area contributed by atoms with Gasteiger partial charge in [0.25, 0.3) is 0 Å². The van der Waals surface area contributed by atoms with E-state index in [-0.39, 0.29) is 87.6 Å². The fourth-order valence-corrected chi connectivity index (χ4v) is 7.46. The largest absolute Gasteiger partial charge is 0.356 e. The Kier molecular flexibility index (Phi) is 8.18. The molecule has 206 valence electrons. The van der Waals surface area contributed by atoms with Crippen LogP contribution in [0.15, 0.2) is 54.6 Å². The molecule has 0 aliphatic carbocycles. The van der Waals surface area contributed by atoms with Crippen LogP contribution in [-0.2, 0) is 0 Å². The highest BCUT2D eigenvalue weighted by Crippen LogP contribution is 2.31. The Balaban J connectivity index is 1.52. The number of aromatic amines is 1. The molecule has 0 spiro atoms. The van der Waals surface area contributed by atoms with E-state index in [0.717, 1.165) is 11.1 Å². The molecule has 0 amide bonds. The van der Waals surface area contributed by atoms with Gasteiger partial charge in [0, 0.05) is 33.1 Å². The number of benzene rings is 6. The van der Waals surface area contributed by atoms with Crippen molar-refractivity contribution >= 4 is 230 Å². The van der Waals surface area contributed by atoms with Crippen molar-refractivity contribution in [2.75, 3.05) is 0 Å². The van der Waals surface area contributed by atoms with Gasteiger partial charge in [-0.1, -0.05) is 97.1 Å². The van der Waals surface area contributed by atoms with Gasteiger partial charge in [-0.05, 0) is 50.5 Å². The number of nitrogens with one attached hydrogen (secondary N) is 1. The summed E-state index contributed by atoms with van der Waals surface area (Å²) in [6.45, 7) is 0. The monoisotopic (exact) mass is 624 g/mol. The SMILES string of the molecule is [B]c1c([B])c([B])c2c([nH]c3c([B])c([B])c(-c4c([B])c([B])c5c(c4[B])c4c([B])c([B])c([B])c([B])c4n5-c4ccc(-c5ccccc5)cc4)c([B])c32)c1[B]. The van der Waals surface area contributed by atoms with Crippen LogP contribution in [0.5, 0.6) is 0 Å². The van der Waals surface area contributed by atoms with Crippen molar-refractivity contribution in [3.8, 4) is 27.9 Å². The first-order chi connectivity index (χ1) is 24.7. The third-order valence-electron chi connectivity index (χ3n) is 10.2. The first-order valence-corrected chi connectivity index (χ1v) is 15.9. The van der Waals surface area contributed by atoms with Gasteiger partial charge in [-0.15, -0.1) is 21.9 Å². The van der Waals surface area contributed by atoms with E-state index in [1.807, 2.05) is 59.2 Å². The van der Waals surface area contributed by atoms with Crippen molar-refractivity contribution in [1.82, 2.24) is 9.55 Å². The van der Waals surface area contributed by atoms with Crippen LogP contribution in [-0.4, -0.2) is 119 Å². The summed E-state index contributed by atoms with van der Waals surface area (Å²) >= 11 is 0. The summed E-state index contributed by atoms with van der Waals surface area (Å²) in [4.78, 5) is 3.17. The number of hydrogen-bond donors (Lipinski definition) is 1. The first-order valence-electron chi connectivity index (χ1n) is 15.9. The molecule has 8 rings (SSSR count). The number of hydrogen-bond acceptors (Lipinski definition) is 0. The molecule has 52 heavy (non-hydrogen) atoms. The van der Waals surface area contributed by atoms with E-state index < -0.39 is 0 Å². The van der Waals surface area contributed by atoms with Crippen molar-refractivity contribution in [2.45, 2.75) is 0 Å². The van der Waals surface area contributed by atoms with Crippen LogP contribution in [0.2, 0.25) is 0 Å². The molecule has 0 bridgehead atoms.